The van der Waals surface area contributed by atoms with E-state index in [0.717, 1.165) is 21.0 Å². The van der Waals surface area contributed by atoms with Gasteiger partial charge >= 0.3 is 0 Å². The minimum absolute atomic E-state index is 0.0957. The molecule has 0 unspecified atom stereocenters. The van der Waals surface area contributed by atoms with E-state index in [-0.39, 0.29) is 4.90 Å². The maximum absolute atomic E-state index is 13.0. The summed E-state index contributed by atoms with van der Waals surface area (Å²) in [5, 5.41) is 1.38. The van der Waals surface area contributed by atoms with E-state index in [2.05, 4.69) is 20.7 Å². The summed E-state index contributed by atoms with van der Waals surface area (Å²) in [5.41, 5.74) is 1.74. The second kappa shape index (κ2) is 7.22. The molecule has 0 spiro atoms. The van der Waals surface area contributed by atoms with Gasteiger partial charge in [-0.2, -0.15) is 0 Å². The molecule has 0 radical (unpaired) electrons. The van der Waals surface area contributed by atoms with Crippen LogP contribution in [0.15, 0.2) is 64.0 Å². The van der Waals surface area contributed by atoms with Gasteiger partial charge in [-0.25, -0.2) is 13.1 Å². The Bertz CT molecular complexity index is 1180. The van der Waals surface area contributed by atoms with Crippen molar-refractivity contribution >= 4 is 42.6 Å². The molecule has 0 aliphatic heterocycles. The van der Waals surface area contributed by atoms with E-state index in [0.29, 0.717) is 24.0 Å². The van der Waals surface area contributed by atoms with E-state index in [1.54, 1.807) is 31.4 Å². The van der Waals surface area contributed by atoms with Crippen molar-refractivity contribution in [3.8, 4) is 5.75 Å². The van der Waals surface area contributed by atoms with Crippen molar-refractivity contribution in [1.82, 2.24) is 4.72 Å². The maximum atomic E-state index is 13.0. The lowest BCUT2D eigenvalue weighted by molar-refractivity contribution is -0.120. The third kappa shape index (κ3) is 3.18. The molecule has 1 N–H and O–H groups in total. The molecule has 1 atom stereocenters. The first-order valence-corrected chi connectivity index (χ1v) is 11.1. The van der Waals surface area contributed by atoms with Crippen LogP contribution in [0.25, 0.3) is 10.8 Å². The van der Waals surface area contributed by atoms with Crippen molar-refractivity contribution in [2.24, 2.45) is 0 Å². The number of methoxy groups -OCH3 is 1. The van der Waals surface area contributed by atoms with E-state index in [1.807, 2.05) is 24.3 Å². The molecular formula is C21H18BrNO4S. The highest BCUT2D eigenvalue weighted by atomic mass is 79.9. The highest BCUT2D eigenvalue weighted by molar-refractivity contribution is 9.10. The number of hydrogen-bond acceptors (Lipinski definition) is 4. The van der Waals surface area contributed by atoms with E-state index in [1.165, 1.54) is 6.07 Å². The van der Waals surface area contributed by atoms with Gasteiger partial charge in [0.25, 0.3) is 10.0 Å². The summed E-state index contributed by atoms with van der Waals surface area (Å²) >= 11 is 3.51. The minimum Gasteiger partial charge on any atom is -0.496 e. The van der Waals surface area contributed by atoms with Gasteiger partial charge in [0.15, 0.2) is 0 Å². The summed E-state index contributed by atoms with van der Waals surface area (Å²) < 4.78 is 34.5. The molecule has 144 valence electrons. The third-order valence-electron chi connectivity index (χ3n) is 5.10. The van der Waals surface area contributed by atoms with Gasteiger partial charge < -0.3 is 4.74 Å². The highest BCUT2D eigenvalue weighted by Gasteiger charge is 2.35. The van der Waals surface area contributed by atoms with Crippen LogP contribution in [0.2, 0.25) is 0 Å². The molecule has 0 bridgehead atoms. The fourth-order valence-corrected chi connectivity index (χ4v) is 5.61. The third-order valence-corrected chi connectivity index (χ3v) is 7.25. The molecule has 0 fully saturated rings. The van der Waals surface area contributed by atoms with E-state index < -0.39 is 21.8 Å². The summed E-state index contributed by atoms with van der Waals surface area (Å²) in [4.78, 5) is 13.0. The Kier molecular flexibility index (Phi) is 4.89. The first-order chi connectivity index (χ1) is 13.4. The second-order valence-electron chi connectivity index (χ2n) is 6.68. The van der Waals surface area contributed by atoms with Gasteiger partial charge in [-0.05, 0) is 42.0 Å². The number of carbonyl (C=O) groups excluding carboxylic acids is 1. The second-order valence-corrected chi connectivity index (χ2v) is 9.19. The number of carbonyl (C=O) groups is 1. The van der Waals surface area contributed by atoms with Crippen LogP contribution >= 0.6 is 15.9 Å². The zero-order chi connectivity index (χ0) is 19.9. The number of sulfonamides is 1. The maximum Gasteiger partial charge on any atom is 0.264 e. The summed E-state index contributed by atoms with van der Waals surface area (Å²) in [6.45, 7) is 0. The average molecular weight is 460 g/mol. The first-order valence-electron chi connectivity index (χ1n) is 8.82. The molecular weight excluding hydrogens is 442 g/mol. The number of rotatable bonds is 4. The first kappa shape index (κ1) is 19.0. The predicted octanol–water partition coefficient (Wildman–Crippen LogP) is 4.15. The molecule has 5 nitrogen and oxygen atoms in total. The van der Waals surface area contributed by atoms with Crippen LogP contribution in [0.5, 0.6) is 5.75 Å². The quantitative estimate of drug-likeness (QED) is 0.635. The van der Waals surface area contributed by atoms with Crippen LogP contribution in [0.1, 0.15) is 23.5 Å². The predicted molar refractivity (Wildman–Crippen MR) is 111 cm³/mol. The highest BCUT2D eigenvalue weighted by Crippen LogP contribution is 2.43. The minimum atomic E-state index is -4.01. The van der Waals surface area contributed by atoms with Crippen LogP contribution in [0.3, 0.4) is 0 Å². The average Bonchev–Trinajstić information content (AvgIpc) is 3.14. The molecule has 0 saturated heterocycles. The SMILES string of the molecule is COc1ccc(Br)c2c1[C@@H](C(=O)NS(=O)(=O)c1cccc3ccccc13)CC2. The van der Waals surface area contributed by atoms with Gasteiger partial charge in [-0.3, -0.25) is 4.79 Å². The molecule has 1 amide bonds. The number of amides is 1. The molecule has 1 aliphatic rings. The number of hydrogen-bond donors (Lipinski definition) is 1. The normalized spacial score (nSPS) is 16.0. The molecule has 7 heteroatoms. The van der Waals surface area contributed by atoms with Gasteiger partial charge in [-0.1, -0.05) is 52.3 Å². The van der Waals surface area contributed by atoms with E-state index in [4.69, 9.17) is 4.74 Å². The monoisotopic (exact) mass is 459 g/mol. The molecule has 0 saturated carbocycles. The fraction of sp³-hybridized carbons (Fsp3) is 0.190. The van der Waals surface area contributed by atoms with Crippen molar-refractivity contribution in [3.63, 3.8) is 0 Å². The lowest BCUT2D eigenvalue weighted by Crippen LogP contribution is -2.34. The summed E-state index contributed by atoms with van der Waals surface area (Å²) in [7, 11) is -2.46. The summed E-state index contributed by atoms with van der Waals surface area (Å²) in [6.07, 6.45) is 1.21. The number of halogens is 1. The van der Waals surface area contributed by atoms with Gasteiger partial charge in [0, 0.05) is 15.4 Å². The number of benzene rings is 3. The Labute approximate surface area is 171 Å². The van der Waals surface area contributed by atoms with E-state index >= 15 is 0 Å². The Hall–Kier alpha value is -2.38. The molecule has 28 heavy (non-hydrogen) atoms. The Morgan fingerprint density at radius 3 is 2.64 bits per heavy atom. The van der Waals surface area contributed by atoms with Crippen molar-refractivity contribution in [3.05, 3.63) is 70.2 Å². The Balaban J connectivity index is 1.70. The fourth-order valence-electron chi connectivity index (χ4n) is 3.81. The smallest absolute Gasteiger partial charge is 0.264 e. The van der Waals surface area contributed by atoms with Gasteiger partial charge in [0.05, 0.1) is 17.9 Å². The standard InChI is InChI=1S/C21H18BrNO4S/c1-27-18-12-11-17(22)15-9-10-16(20(15)18)21(24)23-28(25,26)19-8-4-6-13-5-2-3-7-14(13)19/h2-8,11-12,16H,9-10H2,1H3,(H,23,24)/t16-/m0/s1. The van der Waals surface area contributed by atoms with Crippen LogP contribution < -0.4 is 9.46 Å². The molecule has 1 aliphatic carbocycles. The number of fused-ring (bicyclic) bond motifs is 2. The zero-order valence-electron chi connectivity index (χ0n) is 15.1. The molecule has 0 aromatic heterocycles. The number of ether oxygens (including phenoxy) is 1. The van der Waals surface area contributed by atoms with Crippen LogP contribution in [-0.4, -0.2) is 21.4 Å². The summed E-state index contributed by atoms with van der Waals surface area (Å²) in [6, 6.07) is 15.9. The Morgan fingerprint density at radius 2 is 1.86 bits per heavy atom. The van der Waals surface area contributed by atoms with Crippen molar-refractivity contribution in [2.45, 2.75) is 23.7 Å². The Morgan fingerprint density at radius 1 is 1.11 bits per heavy atom. The van der Waals surface area contributed by atoms with Crippen LogP contribution in [-0.2, 0) is 21.2 Å². The zero-order valence-corrected chi connectivity index (χ0v) is 17.5. The largest absolute Gasteiger partial charge is 0.496 e. The van der Waals surface area contributed by atoms with Gasteiger partial charge in [-0.15, -0.1) is 0 Å². The summed E-state index contributed by atoms with van der Waals surface area (Å²) in [5.74, 6) is -0.520. The van der Waals surface area contributed by atoms with E-state index in [9.17, 15) is 13.2 Å². The lowest BCUT2D eigenvalue weighted by atomic mass is 10.00. The molecule has 3 aromatic rings. The van der Waals surface area contributed by atoms with Crippen LogP contribution in [0.4, 0.5) is 0 Å². The molecule has 3 aromatic carbocycles. The van der Waals surface area contributed by atoms with Crippen LogP contribution in [0, 0.1) is 0 Å². The van der Waals surface area contributed by atoms with Crippen molar-refractivity contribution in [1.29, 1.82) is 0 Å². The van der Waals surface area contributed by atoms with Crippen molar-refractivity contribution in [2.75, 3.05) is 7.11 Å². The molecule has 0 heterocycles. The van der Waals surface area contributed by atoms with Crippen molar-refractivity contribution < 1.29 is 17.9 Å². The van der Waals surface area contributed by atoms with Gasteiger partial charge in [0.2, 0.25) is 5.91 Å². The van der Waals surface area contributed by atoms with Gasteiger partial charge in [0.1, 0.15) is 5.75 Å². The lowest BCUT2D eigenvalue weighted by Gasteiger charge is -2.16. The molecule has 4 rings (SSSR count). The topological polar surface area (TPSA) is 72.5 Å². The number of nitrogens with one attached hydrogen (secondary N) is 1.